The first-order valence-corrected chi connectivity index (χ1v) is 11.0. The van der Waals surface area contributed by atoms with Crippen LogP contribution in [0, 0.1) is 0 Å². The second-order valence-electron chi connectivity index (χ2n) is 8.33. The van der Waals surface area contributed by atoms with E-state index >= 15 is 0 Å². The first kappa shape index (κ1) is 18.3. The van der Waals surface area contributed by atoms with E-state index in [1.807, 2.05) is 28.9 Å². The van der Waals surface area contributed by atoms with Gasteiger partial charge in [0.25, 0.3) is 5.91 Å². The molecule has 5 rings (SSSR count). The Morgan fingerprint density at radius 3 is 2.45 bits per heavy atom. The normalized spacial score (nSPS) is 17.5. The average Bonchev–Trinajstić information content (AvgIpc) is 3.58. The van der Waals surface area contributed by atoms with Crippen LogP contribution in [0.2, 0.25) is 0 Å². The van der Waals surface area contributed by atoms with Crippen LogP contribution < -0.4 is 0 Å². The van der Waals surface area contributed by atoms with Gasteiger partial charge in [-0.1, -0.05) is 38.0 Å². The Balaban J connectivity index is 1.71. The first-order chi connectivity index (χ1) is 14.3. The van der Waals surface area contributed by atoms with E-state index in [0.29, 0.717) is 5.92 Å². The molecule has 150 valence electrons. The number of aromatic nitrogens is 3. The van der Waals surface area contributed by atoms with Crippen molar-refractivity contribution in [3.8, 4) is 5.69 Å². The van der Waals surface area contributed by atoms with Crippen molar-refractivity contribution >= 4 is 16.9 Å². The first-order valence-electron chi connectivity index (χ1n) is 11.0. The Hall–Kier alpha value is -2.69. The predicted molar refractivity (Wildman–Crippen MR) is 115 cm³/mol. The van der Waals surface area contributed by atoms with Crippen molar-refractivity contribution in [2.75, 3.05) is 13.1 Å². The molecule has 1 aliphatic carbocycles. The van der Waals surface area contributed by atoms with Crippen LogP contribution in [-0.4, -0.2) is 38.7 Å². The number of carbonyl (C=O) groups excluding carboxylic acids is 1. The van der Waals surface area contributed by atoms with Crippen LogP contribution in [0.15, 0.2) is 36.4 Å². The van der Waals surface area contributed by atoms with E-state index in [4.69, 9.17) is 10.1 Å². The molecule has 2 aromatic heterocycles. The van der Waals surface area contributed by atoms with E-state index in [9.17, 15) is 4.79 Å². The number of para-hydroxylation sites is 1. The summed E-state index contributed by atoms with van der Waals surface area (Å²) in [6, 6.07) is 12.2. The minimum absolute atomic E-state index is 0.156. The van der Waals surface area contributed by atoms with E-state index in [-0.39, 0.29) is 5.91 Å². The van der Waals surface area contributed by atoms with Gasteiger partial charge in [0.15, 0.2) is 5.65 Å². The zero-order valence-electron chi connectivity index (χ0n) is 17.1. The largest absolute Gasteiger partial charge is 0.339 e. The molecule has 0 bridgehead atoms. The van der Waals surface area contributed by atoms with Gasteiger partial charge in [-0.2, -0.15) is 5.10 Å². The lowest BCUT2D eigenvalue weighted by Gasteiger charge is -2.21. The van der Waals surface area contributed by atoms with Crippen molar-refractivity contribution in [1.82, 2.24) is 19.7 Å². The highest BCUT2D eigenvalue weighted by atomic mass is 16.2. The maximum absolute atomic E-state index is 13.6. The van der Waals surface area contributed by atoms with E-state index in [1.54, 1.807) is 0 Å². The Morgan fingerprint density at radius 1 is 1.07 bits per heavy atom. The summed E-state index contributed by atoms with van der Waals surface area (Å²) in [5, 5.41) is 5.96. The fraction of sp³-hybridized carbons (Fsp3) is 0.458. The van der Waals surface area contributed by atoms with Gasteiger partial charge in [-0.05, 0) is 50.3 Å². The second kappa shape index (κ2) is 7.62. The molecule has 1 saturated heterocycles. The third-order valence-corrected chi connectivity index (χ3v) is 6.17. The summed E-state index contributed by atoms with van der Waals surface area (Å²) in [6.45, 7) is 3.81. The SMILES string of the molecule is CCc1cc(C(=O)N2CCCCCC2)c2c(C3CC3)nn(-c3ccccc3)c2n1. The van der Waals surface area contributed by atoms with Crippen LogP contribution in [0.4, 0.5) is 0 Å². The summed E-state index contributed by atoms with van der Waals surface area (Å²) in [5.41, 5.74) is 4.64. The van der Waals surface area contributed by atoms with Crippen LogP contribution in [0.3, 0.4) is 0 Å². The molecule has 0 N–H and O–H groups in total. The standard InChI is InChI=1S/C24H28N4O/c1-2-18-16-20(24(29)27-14-8-3-4-9-15-27)21-22(17-12-13-17)26-28(23(21)25-18)19-10-6-5-7-11-19/h5-7,10-11,16-17H,2-4,8-9,12-15H2,1H3. The van der Waals surface area contributed by atoms with Gasteiger partial charge in [-0.15, -0.1) is 0 Å². The molecule has 0 radical (unpaired) electrons. The number of hydrogen-bond acceptors (Lipinski definition) is 3. The minimum atomic E-state index is 0.156. The molecular formula is C24H28N4O. The third-order valence-electron chi connectivity index (χ3n) is 6.17. The smallest absolute Gasteiger partial charge is 0.254 e. The Morgan fingerprint density at radius 2 is 1.79 bits per heavy atom. The van der Waals surface area contributed by atoms with E-state index in [2.05, 4.69) is 24.0 Å². The lowest BCUT2D eigenvalue weighted by atomic mass is 10.0. The van der Waals surface area contributed by atoms with Crippen LogP contribution in [0.5, 0.6) is 0 Å². The highest BCUT2D eigenvalue weighted by Gasteiger charge is 2.33. The fourth-order valence-electron chi connectivity index (χ4n) is 4.38. The Labute approximate surface area is 171 Å². The number of nitrogens with zero attached hydrogens (tertiary/aromatic N) is 4. The quantitative estimate of drug-likeness (QED) is 0.640. The Kier molecular flexibility index (Phi) is 4.82. The number of likely N-dealkylation sites (tertiary alicyclic amines) is 1. The number of rotatable bonds is 4. The molecule has 2 aliphatic rings. The third kappa shape index (κ3) is 3.43. The summed E-state index contributed by atoms with van der Waals surface area (Å²) in [5.74, 6) is 0.607. The number of aryl methyl sites for hydroxylation is 1. The van der Waals surface area contributed by atoms with Crippen LogP contribution in [-0.2, 0) is 6.42 Å². The minimum Gasteiger partial charge on any atom is -0.339 e. The summed E-state index contributed by atoms with van der Waals surface area (Å²) in [4.78, 5) is 20.6. The number of amides is 1. The van der Waals surface area contributed by atoms with Crippen molar-refractivity contribution in [2.45, 2.75) is 57.8 Å². The van der Waals surface area contributed by atoms with Crippen molar-refractivity contribution in [1.29, 1.82) is 0 Å². The number of fused-ring (bicyclic) bond motifs is 1. The topological polar surface area (TPSA) is 51.0 Å². The fourth-order valence-corrected chi connectivity index (χ4v) is 4.38. The number of benzene rings is 1. The van der Waals surface area contributed by atoms with Crippen LogP contribution in [0.25, 0.3) is 16.7 Å². The van der Waals surface area contributed by atoms with Gasteiger partial charge < -0.3 is 4.90 Å². The summed E-state index contributed by atoms with van der Waals surface area (Å²) < 4.78 is 1.95. The zero-order valence-corrected chi connectivity index (χ0v) is 17.1. The van der Waals surface area contributed by atoms with E-state index in [1.165, 1.54) is 12.8 Å². The maximum Gasteiger partial charge on any atom is 0.254 e. The molecule has 5 nitrogen and oxygen atoms in total. The average molecular weight is 389 g/mol. The molecule has 0 unspecified atom stereocenters. The predicted octanol–water partition coefficient (Wildman–Crippen LogP) is 4.88. The highest BCUT2D eigenvalue weighted by molar-refractivity contribution is 6.07. The summed E-state index contributed by atoms with van der Waals surface area (Å²) in [7, 11) is 0. The zero-order chi connectivity index (χ0) is 19.8. The summed E-state index contributed by atoms with van der Waals surface area (Å²) >= 11 is 0. The lowest BCUT2D eigenvalue weighted by molar-refractivity contribution is 0.0763. The van der Waals surface area contributed by atoms with Crippen LogP contribution in [0.1, 0.15) is 73.1 Å². The lowest BCUT2D eigenvalue weighted by Crippen LogP contribution is -2.32. The monoisotopic (exact) mass is 388 g/mol. The van der Waals surface area contributed by atoms with Crippen molar-refractivity contribution in [3.63, 3.8) is 0 Å². The molecular weight excluding hydrogens is 360 g/mol. The van der Waals surface area contributed by atoms with Crippen LogP contribution >= 0.6 is 0 Å². The van der Waals surface area contributed by atoms with Gasteiger partial charge in [-0.3, -0.25) is 4.79 Å². The van der Waals surface area contributed by atoms with Gasteiger partial charge in [-0.25, -0.2) is 9.67 Å². The molecule has 5 heteroatoms. The van der Waals surface area contributed by atoms with Gasteiger partial charge in [0.1, 0.15) is 0 Å². The van der Waals surface area contributed by atoms with Gasteiger partial charge in [0.2, 0.25) is 0 Å². The molecule has 29 heavy (non-hydrogen) atoms. The van der Waals surface area contributed by atoms with Crippen molar-refractivity contribution in [3.05, 3.63) is 53.3 Å². The van der Waals surface area contributed by atoms with E-state index in [0.717, 1.165) is 78.9 Å². The molecule has 1 aliphatic heterocycles. The Bertz CT molecular complexity index is 1030. The van der Waals surface area contributed by atoms with Gasteiger partial charge in [0, 0.05) is 24.7 Å². The highest BCUT2D eigenvalue weighted by Crippen LogP contribution is 2.43. The van der Waals surface area contributed by atoms with E-state index < -0.39 is 0 Å². The van der Waals surface area contributed by atoms with Crippen molar-refractivity contribution < 1.29 is 4.79 Å². The molecule has 0 atom stereocenters. The molecule has 1 amide bonds. The van der Waals surface area contributed by atoms with Gasteiger partial charge >= 0.3 is 0 Å². The summed E-state index contributed by atoms with van der Waals surface area (Å²) in [6.07, 6.45) is 7.72. The second-order valence-corrected chi connectivity index (χ2v) is 8.33. The molecule has 3 aromatic rings. The number of pyridine rings is 1. The molecule has 2 fully saturated rings. The molecule has 1 saturated carbocycles. The molecule has 1 aromatic carbocycles. The number of carbonyl (C=O) groups is 1. The molecule has 0 spiro atoms. The molecule has 3 heterocycles. The number of hydrogen-bond donors (Lipinski definition) is 0. The maximum atomic E-state index is 13.6. The van der Waals surface area contributed by atoms with Gasteiger partial charge in [0.05, 0.1) is 22.3 Å². The van der Waals surface area contributed by atoms with Crippen molar-refractivity contribution in [2.24, 2.45) is 0 Å².